The highest BCUT2D eigenvalue weighted by Crippen LogP contribution is 2.00. The Morgan fingerprint density at radius 2 is 1.75 bits per heavy atom. The maximum atomic E-state index is 5.19. The molecule has 0 amide bonds. The molecule has 0 saturated carbocycles. The molecule has 0 aliphatic carbocycles. The molecular formula is C5H14O2Si. The predicted octanol–water partition coefficient (Wildman–Crippen LogP) is 1.02. The van der Waals surface area contributed by atoms with Crippen LogP contribution in [0.25, 0.3) is 0 Å². The highest BCUT2D eigenvalue weighted by atomic mass is 28.4. The van der Waals surface area contributed by atoms with Crippen LogP contribution in [-0.2, 0) is 9.16 Å². The zero-order chi connectivity index (χ0) is 6.62. The summed E-state index contributed by atoms with van der Waals surface area (Å²) < 4.78 is 10.1. The first-order valence-corrected chi connectivity index (χ1v) is 5.78. The van der Waals surface area contributed by atoms with E-state index in [9.17, 15) is 0 Å². The van der Waals surface area contributed by atoms with Gasteiger partial charge in [0.2, 0.25) is 8.32 Å². The fraction of sp³-hybridized carbons (Fsp3) is 1.00. The predicted molar refractivity (Wildman–Crippen MR) is 36.4 cm³/mol. The lowest BCUT2D eigenvalue weighted by atomic mass is 11.5. The summed E-state index contributed by atoms with van der Waals surface area (Å²) in [4.78, 5) is 0. The van der Waals surface area contributed by atoms with E-state index in [1.807, 2.05) is 0 Å². The number of rotatable bonds is 3. The minimum Gasteiger partial charge on any atom is -0.418 e. The normalized spacial score (nSPS) is 12.0. The molecular weight excluding hydrogens is 120 g/mol. The maximum Gasteiger partial charge on any atom is 0.211 e. The minimum absolute atomic E-state index is 0.781. The van der Waals surface area contributed by atoms with Crippen LogP contribution >= 0.6 is 0 Å². The van der Waals surface area contributed by atoms with Gasteiger partial charge in [-0.15, -0.1) is 0 Å². The van der Waals surface area contributed by atoms with E-state index in [2.05, 4.69) is 13.1 Å². The van der Waals surface area contributed by atoms with Crippen LogP contribution in [0, 0.1) is 0 Å². The van der Waals surface area contributed by atoms with Crippen molar-refractivity contribution >= 4 is 8.32 Å². The molecule has 0 aliphatic heterocycles. The standard InChI is InChI=1S/C5H14O2Si/c1-6-5-8(3,4)7-2/h5H2,1-4H3. The van der Waals surface area contributed by atoms with E-state index < -0.39 is 8.32 Å². The average molecular weight is 134 g/mol. The van der Waals surface area contributed by atoms with Crippen molar-refractivity contribution in [2.24, 2.45) is 0 Å². The summed E-state index contributed by atoms with van der Waals surface area (Å²) >= 11 is 0. The van der Waals surface area contributed by atoms with Crippen LogP contribution in [0.2, 0.25) is 13.1 Å². The number of hydrogen-bond acceptors (Lipinski definition) is 2. The summed E-state index contributed by atoms with van der Waals surface area (Å²) in [5.74, 6) is 0. The molecule has 50 valence electrons. The zero-order valence-corrected chi connectivity index (χ0v) is 7.02. The molecule has 0 heterocycles. The van der Waals surface area contributed by atoms with Gasteiger partial charge < -0.3 is 9.16 Å². The van der Waals surface area contributed by atoms with E-state index in [0.717, 1.165) is 6.23 Å². The number of methoxy groups -OCH3 is 1. The van der Waals surface area contributed by atoms with Gasteiger partial charge in [0.25, 0.3) is 0 Å². The van der Waals surface area contributed by atoms with Gasteiger partial charge in [0.15, 0.2) is 0 Å². The topological polar surface area (TPSA) is 18.5 Å². The van der Waals surface area contributed by atoms with Crippen LogP contribution in [0.4, 0.5) is 0 Å². The fourth-order valence-electron chi connectivity index (χ4n) is 0.407. The molecule has 2 nitrogen and oxygen atoms in total. The van der Waals surface area contributed by atoms with Crippen LogP contribution in [0.3, 0.4) is 0 Å². The van der Waals surface area contributed by atoms with Crippen molar-refractivity contribution in [3.8, 4) is 0 Å². The van der Waals surface area contributed by atoms with E-state index in [1.165, 1.54) is 0 Å². The maximum absolute atomic E-state index is 5.19. The number of hydrogen-bond donors (Lipinski definition) is 0. The van der Waals surface area contributed by atoms with Crippen molar-refractivity contribution in [3.05, 3.63) is 0 Å². The van der Waals surface area contributed by atoms with E-state index in [0.29, 0.717) is 0 Å². The lowest BCUT2D eigenvalue weighted by molar-refractivity contribution is 0.223. The first kappa shape index (κ1) is 8.14. The van der Waals surface area contributed by atoms with Gasteiger partial charge in [-0.3, -0.25) is 0 Å². The Bertz CT molecular complexity index is 63.4. The van der Waals surface area contributed by atoms with E-state index in [4.69, 9.17) is 9.16 Å². The third kappa shape index (κ3) is 3.18. The Hall–Kier alpha value is 0.137. The molecule has 0 saturated heterocycles. The zero-order valence-electron chi connectivity index (χ0n) is 6.02. The molecule has 0 aromatic rings. The Morgan fingerprint density at radius 1 is 1.25 bits per heavy atom. The molecule has 0 spiro atoms. The van der Waals surface area contributed by atoms with Crippen LogP contribution in [0.15, 0.2) is 0 Å². The molecule has 0 fully saturated rings. The molecule has 3 heteroatoms. The van der Waals surface area contributed by atoms with Crippen LogP contribution in [0.5, 0.6) is 0 Å². The lowest BCUT2D eigenvalue weighted by Gasteiger charge is -2.17. The average Bonchev–Trinajstić information content (AvgIpc) is 1.67. The highest BCUT2D eigenvalue weighted by molar-refractivity contribution is 6.71. The summed E-state index contributed by atoms with van der Waals surface area (Å²) in [6.45, 7) is 4.24. The molecule has 0 N–H and O–H groups in total. The van der Waals surface area contributed by atoms with E-state index >= 15 is 0 Å². The van der Waals surface area contributed by atoms with E-state index in [-0.39, 0.29) is 0 Å². The van der Waals surface area contributed by atoms with Crippen LogP contribution in [-0.4, -0.2) is 28.8 Å². The smallest absolute Gasteiger partial charge is 0.211 e. The summed E-state index contributed by atoms with van der Waals surface area (Å²) in [5.41, 5.74) is 0. The first-order valence-electron chi connectivity index (χ1n) is 2.66. The van der Waals surface area contributed by atoms with Gasteiger partial charge in [0.05, 0.1) is 6.23 Å². The molecule has 8 heavy (non-hydrogen) atoms. The second kappa shape index (κ2) is 3.22. The van der Waals surface area contributed by atoms with Crippen molar-refractivity contribution in [3.63, 3.8) is 0 Å². The molecule has 0 bridgehead atoms. The lowest BCUT2D eigenvalue weighted by Crippen LogP contribution is -2.34. The highest BCUT2D eigenvalue weighted by Gasteiger charge is 2.19. The van der Waals surface area contributed by atoms with Gasteiger partial charge in [0.1, 0.15) is 0 Å². The third-order valence-corrected chi connectivity index (χ3v) is 3.13. The van der Waals surface area contributed by atoms with Crippen molar-refractivity contribution in [1.29, 1.82) is 0 Å². The Balaban J connectivity index is 3.37. The Kier molecular flexibility index (Phi) is 3.27. The van der Waals surface area contributed by atoms with Gasteiger partial charge in [-0.2, -0.15) is 0 Å². The molecule has 0 radical (unpaired) electrons. The molecule has 0 aromatic heterocycles. The molecule has 0 atom stereocenters. The molecule has 0 unspecified atom stereocenters. The summed E-state index contributed by atoms with van der Waals surface area (Å²) in [6.07, 6.45) is 0.781. The Labute approximate surface area is 51.9 Å². The second-order valence-corrected chi connectivity index (χ2v) is 6.61. The summed E-state index contributed by atoms with van der Waals surface area (Å²) in [6, 6.07) is 0. The van der Waals surface area contributed by atoms with Gasteiger partial charge in [-0.1, -0.05) is 0 Å². The largest absolute Gasteiger partial charge is 0.418 e. The SMILES string of the molecule is COC[Si](C)(C)OC. The molecule has 0 aromatic carbocycles. The van der Waals surface area contributed by atoms with Gasteiger partial charge >= 0.3 is 0 Å². The van der Waals surface area contributed by atoms with Crippen molar-refractivity contribution in [2.75, 3.05) is 20.4 Å². The quantitative estimate of drug-likeness (QED) is 0.537. The monoisotopic (exact) mass is 134 g/mol. The van der Waals surface area contributed by atoms with Crippen molar-refractivity contribution in [1.82, 2.24) is 0 Å². The summed E-state index contributed by atoms with van der Waals surface area (Å²) in [7, 11) is 2.04. The van der Waals surface area contributed by atoms with Crippen molar-refractivity contribution < 1.29 is 9.16 Å². The minimum atomic E-state index is -1.40. The van der Waals surface area contributed by atoms with E-state index in [1.54, 1.807) is 14.2 Å². The molecule has 0 aliphatic rings. The fourth-order valence-corrected chi connectivity index (χ4v) is 1.22. The summed E-state index contributed by atoms with van der Waals surface area (Å²) in [5, 5.41) is 0. The second-order valence-electron chi connectivity index (χ2n) is 2.40. The van der Waals surface area contributed by atoms with Gasteiger partial charge in [0, 0.05) is 14.2 Å². The van der Waals surface area contributed by atoms with Gasteiger partial charge in [-0.05, 0) is 13.1 Å². The third-order valence-electron chi connectivity index (χ3n) is 1.04. The Morgan fingerprint density at radius 3 is 1.88 bits per heavy atom. The first-order chi connectivity index (χ1) is 3.62. The number of ether oxygens (including phenoxy) is 1. The van der Waals surface area contributed by atoms with Crippen LogP contribution in [0.1, 0.15) is 0 Å². The van der Waals surface area contributed by atoms with Crippen molar-refractivity contribution in [2.45, 2.75) is 13.1 Å². The molecule has 0 rings (SSSR count). The van der Waals surface area contributed by atoms with Crippen LogP contribution < -0.4 is 0 Å². The van der Waals surface area contributed by atoms with Gasteiger partial charge in [-0.25, -0.2) is 0 Å².